The van der Waals surface area contributed by atoms with E-state index in [1.807, 2.05) is 18.3 Å². The summed E-state index contributed by atoms with van der Waals surface area (Å²) in [6, 6.07) is 12.4. The Bertz CT molecular complexity index is 610. The van der Waals surface area contributed by atoms with Gasteiger partial charge in [-0.15, -0.1) is 0 Å². The number of ether oxygens (including phenoxy) is 1. The second kappa shape index (κ2) is 5.21. The predicted octanol–water partition coefficient (Wildman–Crippen LogP) is 4.78. The van der Waals surface area contributed by atoms with Gasteiger partial charge in [0.1, 0.15) is 5.75 Å². The fraction of sp³-hybridized carbons (Fsp3) is 0.353. The van der Waals surface area contributed by atoms with Crippen LogP contribution in [0.5, 0.6) is 5.75 Å². The van der Waals surface area contributed by atoms with E-state index in [2.05, 4.69) is 59.0 Å². The van der Waals surface area contributed by atoms with Gasteiger partial charge >= 0.3 is 0 Å². The van der Waals surface area contributed by atoms with Crippen LogP contribution in [0.4, 0.5) is 0 Å². The van der Waals surface area contributed by atoms with Crippen LogP contribution in [0.3, 0.4) is 0 Å². The molecule has 1 atom stereocenters. The summed E-state index contributed by atoms with van der Waals surface area (Å²) < 4.78 is 7.11. The molecule has 1 aliphatic heterocycles. The second-order valence-corrected chi connectivity index (χ2v) is 7.06. The van der Waals surface area contributed by atoms with E-state index in [0.717, 1.165) is 28.9 Å². The standard InChI is InChI=1S/C17H18BrNO/c1-17(2)10-14(15-5-3-4-8-19-15)13-9-12(18)6-7-16(13)20-11-17/h3-9,14H,10-11H2,1-2H3. The first-order valence-corrected chi connectivity index (χ1v) is 7.68. The van der Waals surface area contributed by atoms with Gasteiger partial charge in [0.05, 0.1) is 6.61 Å². The van der Waals surface area contributed by atoms with Crippen molar-refractivity contribution in [2.75, 3.05) is 6.61 Å². The number of nitrogens with zero attached hydrogens (tertiary/aromatic N) is 1. The summed E-state index contributed by atoms with van der Waals surface area (Å²) in [5, 5.41) is 0. The topological polar surface area (TPSA) is 22.1 Å². The van der Waals surface area contributed by atoms with Crippen molar-refractivity contribution in [3.05, 3.63) is 58.3 Å². The first kappa shape index (κ1) is 13.6. The molecule has 3 rings (SSSR count). The first-order chi connectivity index (χ1) is 9.55. The minimum Gasteiger partial charge on any atom is -0.493 e. The Hall–Kier alpha value is -1.35. The summed E-state index contributed by atoms with van der Waals surface area (Å²) in [4.78, 5) is 4.57. The average molecular weight is 332 g/mol. The summed E-state index contributed by atoms with van der Waals surface area (Å²) in [6.07, 6.45) is 2.90. The third-order valence-electron chi connectivity index (χ3n) is 3.77. The van der Waals surface area contributed by atoms with E-state index in [1.54, 1.807) is 0 Å². The van der Waals surface area contributed by atoms with E-state index in [-0.39, 0.29) is 11.3 Å². The summed E-state index contributed by atoms with van der Waals surface area (Å²) in [5.74, 6) is 1.26. The zero-order chi connectivity index (χ0) is 14.2. The largest absolute Gasteiger partial charge is 0.493 e. The fourth-order valence-electron chi connectivity index (χ4n) is 2.76. The van der Waals surface area contributed by atoms with Gasteiger partial charge in [0.25, 0.3) is 0 Å². The van der Waals surface area contributed by atoms with Crippen LogP contribution < -0.4 is 4.74 Å². The Balaban J connectivity index is 2.12. The van der Waals surface area contributed by atoms with Crippen molar-refractivity contribution in [2.45, 2.75) is 26.2 Å². The maximum Gasteiger partial charge on any atom is 0.123 e. The molecule has 3 heteroatoms. The molecule has 0 saturated heterocycles. The van der Waals surface area contributed by atoms with Crippen molar-refractivity contribution >= 4 is 15.9 Å². The minimum absolute atomic E-state index is 0.133. The van der Waals surface area contributed by atoms with E-state index in [9.17, 15) is 0 Å². The van der Waals surface area contributed by atoms with E-state index in [1.165, 1.54) is 5.56 Å². The molecule has 1 aromatic carbocycles. The average Bonchev–Trinajstić information content (AvgIpc) is 2.57. The molecule has 2 heterocycles. The highest BCUT2D eigenvalue weighted by Gasteiger charge is 2.32. The molecule has 0 bridgehead atoms. The van der Waals surface area contributed by atoms with Gasteiger partial charge in [-0.3, -0.25) is 4.98 Å². The molecule has 0 N–H and O–H groups in total. The first-order valence-electron chi connectivity index (χ1n) is 6.88. The van der Waals surface area contributed by atoms with Gasteiger partial charge in [-0.25, -0.2) is 0 Å². The van der Waals surface area contributed by atoms with Crippen LogP contribution in [0.1, 0.15) is 37.4 Å². The lowest BCUT2D eigenvalue weighted by molar-refractivity contribution is 0.178. The Labute approximate surface area is 128 Å². The number of pyridine rings is 1. The van der Waals surface area contributed by atoms with Gasteiger partial charge in [-0.2, -0.15) is 0 Å². The normalized spacial score (nSPS) is 20.6. The molecule has 0 saturated carbocycles. The molecule has 1 aliphatic rings. The highest BCUT2D eigenvalue weighted by atomic mass is 79.9. The lowest BCUT2D eigenvalue weighted by atomic mass is 9.79. The van der Waals surface area contributed by atoms with Gasteiger partial charge < -0.3 is 4.74 Å². The lowest BCUT2D eigenvalue weighted by Gasteiger charge is -2.25. The van der Waals surface area contributed by atoms with Gasteiger partial charge in [-0.1, -0.05) is 35.8 Å². The van der Waals surface area contributed by atoms with Crippen LogP contribution in [0.15, 0.2) is 47.1 Å². The van der Waals surface area contributed by atoms with E-state index in [0.29, 0.717) is 0 Å². The van der Waals surface area contributed by atoms with Gasteiger partial charge in [0.15, 0.2) is 0 Å². The molecule has 0 fully saturated rings. The zero-order valence-electron chi connectivity index (χ0n) is 11.8. The van der Waals surface area contributed by atoms with Crippen molar-refractivity contribution in [1.82, 2.24) is 4.98 Å². The van der Waals surface area contributed by atoms with Crippen LogP contribution in [-0.4, -0.2) is 11.6 Å². The van der Waals surface area contributed by atoms with Crippen molar-refractivity contribution in [3.8, 4) is 5.75 Å². The van der Waals surface area contributed by atoms with Crippen LogP contribution in [0, 0.1) is 5.41 Å². The third kappa shape index (κ3) is 2.73. The van der Waals surface area contributed by atoms with Crippen LogP contribution in [-0.2, 0) is 0 Å². The second-order valence-electron chi connectivity index (χ2n) is 6.15. The molecular formula is C17H18BrNO. The lowest BCUT2D eigenvalue weighted by Crippen LogP contribution is -2.21. The minimum atomic E-state index is 0.133. The Kier molecular flexibility index (Phi) is 3.55. The van der Waals surface area contributed by atoms with E-state index < -0.39 is 0 Å². The van der Waals surface area contributed by atoms with Crippen LogP contribution in [0.2, 0.25) is 0 Å². The molecule has 20 heavy (non-hydrogen) atoms. The zero-order valence-corrected chi connectivity index (χ0v) is 13.4. The molecule has 2 aromatic rings. The fourth-order valence-corrected chi connectivity index (χ4v) is 3.14. The van der Waals surface area contributed by atoms with Crippen molar-refractivity contribution in [1.29, 1.82) is 0 Å². The number of aromatic nitrogens is 1. The number of rotatable bonds is 1. The SMILES string of the molecule is CC1(C)COc2ccc(Br)cc2C(c2ccccn2)C1. The highest BCUT2D eigenvalue weighted by Crippen LogP contribution is 2.43. The van der Waals surface area contributed by atoms with Gasteiger partial charge in [0.2, 0.25) is 0 Å². The Morgan fingerprint density at radius 2 is 2.10 bits per heavy atom. The predicted molar refractivity (Wildman–Crippen MR) is 84.1 cm³/mol. The summed E-state index contributed by atoms with van der Waals surface area (Å²) in [7, 11) is 0. The van der Waals surface area contributed by atoms with Crippen LogP contribution in [0.25, 0.3) is 0 Å². The van der Waals surface area contributed by atoms with E-state index in [4.69, 9.17) is 4.74 Å². The van der Waals surface area contributed by atoms with Gasteiger partial charge in [-0.05, 0) is 42.2 Å². The molecule has 1 aromatic heterocycles. The molecule has 1 unspecified atom stereocenters. The molecule has 0 aliphatic carbocycles. The molecule has 2 nitrogen and oxygen atoms in total. The Morgan fingerprint density at radius 3 is 2.85 bits per heavy atom. The number of hydrogen-bond donors (Lipinski definition) is 0. The van der Waals surface area contributed by atoms with E-state index >= 15 is 0 Å². The molecule has 0 radical (unpaired) electrons. The van der Waals surface area contributed by atoms with Gasteiger partial charge in [0, 0.05) is 27.8 Å². The van der Waals surface area contributed by atoms with Crippen molar-refractivity contribution < 1.29 is 4.74 Å². The number of fused-ring (bicyclic) bond motifs is 1. The molecule has 0 spiro atoms. The Morgan fingerprint density at radius 1 is 1.25 bits per heavy atom. The summed E-state index contributed by atoms with van der Waals surface area (Å²) in [6.45, 7) is 5.25. The summed E-state index contributed by atoms with van der Waals surface area (Å²) >= 11 is 3.57. The monoisotopic (exact) mass is 331 g/mol. The number of benzene rings is 1. The third-order valence-corrected chi connectivity index (χ3v) is 4.26. The number of hydrogen-bond acceptors (Lipinski definition) is 2. The van der Waals surface area contributed by atoms with Crippen molar-refractivity contribution in [2.24, 2.45) is 5.41 Å². The number of halogens is 1. The maximum atomic E-state index is 6.02. The molecular weight excluding hydrogens is 314 g/mol. The smallest absolute Gasteiger partial charge is 0.123 e. The highest BCUT2D eigenvalue weighted by molar-refractivity contribution is 9.10. The maximum absolute atomic E-state index is 6.02. The summed E-state index contributed by atoms with van der Waals surface area (Å²) in [5.41, 5.74) is 2.47. The van der Waals surface area contributed by atoms with Crippen molar-refractivity contribution in [3.63, 3.8) is 0 Å². The molecule has 104 valence electrons. The molecule has 0 amide bonds. The quantitative estimate of drug-likeness (QED) is 0.749. The van der Waals surface area contributed by atoms with Crippen LogP contribution >= 0.6 is 15.9 Å².